The Balaban J connectivity index is 1.36. The molecule has 0 aromatic heterocycles. The number of aliphatic hydroxyl groups is 3. The third-order valence-corrected chi connectivity index (χ3v) is 9.58. The lowest BCUT2D eigenvalue weighted by molar-refractivity contribution is -0.651. The average molecular weight is 575 g/mol. The fraction of sp³-hybridized carbons (Fsp3) is 0.741. The highest BCUT2D eigenvalue weighted by molar-refractivity contribution is 5.73. The lowest BCUT2D eigenvalue weighted by atomic mass is 9.43. The minimum Gasteiger partial charge on any atom is -0.479 e. The molecule has 2 heterocycles. The minimum atomic E-state index is -4.64. The van der Waals surface area contributed by atoms with Gasteiger partial charge < -0.3 is 34.6 Å². The van der Waals surface area contributed by atoms with Gasteiger partial charge in [0.15, 0.2) is 11.7 Å². The van der Waals surface area contributed by atoms with Crippen molar-refractivity contribution >= 4 is 5.97 Å². The number of hydrogen-bond acceptors (Lipinski definition) is 9. The Morgan fingerprint density at radius 3 is 2.27 bits per heavy atom. The van der Waals surface area contributed by atoms with Crippen molar-refractivity contribution in [3.05, 3.63) is 29.3 Å². The summed E-state index contributed by atoms with van der Waals surface area (Å²) in [6.45, 7) is 2.28. The Morgan fingerprint density at radius 1 is 1.05 bits per heavy atom. The molecule has 2 saturated heterocycles. The van der Waals surface area contributed by atoms with Gasteiger partial charge in [0.1, 0.15) is 30.7 Å². The molecular weight excluding hydrogens is 541 g/mol. The molecule has 6 aliphatic rings. The SMILES string of the molecule is Cc1ccc(C2(OCC(F)(F)F)OOC23C2CC4CC3CC(C)(C4)C2)cc1OC1OC(C(=O)O)C(O)C(O)C1O. The Bertz CT molecular complexity index is 1160. The summed E-state index contributed by atoms with van der Waals surface area (Å²) in [5.41, 5.74) is -0.373. The van der Waals surface area contributed by atoms with Gasteiger partial charge in [0.2, 0.25) is 6.29 Å². The first kappa shape index (κ1) is 28.1. The number of alkyl halides is 3. The summed E-state index contributed by atoms with van der Waals surface area (Å²) in [4.78, 5) is 23.0. The molecule has 7 rings (SSSR count). The molecule has 10 nitrogen and oxygen atoms in total. The second kappa shape index (κ2) is 9.25. The van der Waals surface area contributed by atoms with E-state index in [-0.39, 0.29) is 28.6 Å². The normalized spacial score (nSPS) is 45.9. The number of carboxylic acids is 1. The highest BCUT2D eigenvalue weighted by Gasteiger charge is 2.78. The molecule has 4 saturated carbocycles. The van der Waals surface area contributed by atoms with Gasteiger partial charge in [0.25, 0.3) is 5.79 Å². The maximum atomic E-state index is 13.5. The van der Waals surface area contributed by atoms with Gasteiger partial charge in [-0.25, -0.2) is 9.68 Å². The quantitative estimate of drug-likeness (QED) is 0.374. The second-order valence-electron chi connectivity index (χ2n) is 12.5. The molecule has 4 bridgehead atoms. The molecule has 4 N–H and O–H groups in total. The number of aliphatic hydroxyl groups excluding tert-OH is 3. The lowest BCUT2D eigenvalue weighted by Gasteiger charge is -2.70. The molecule has 4 aliphatic carbocycles. The molecule has 40 heavy (non-hydrogen) atoms. The van der Waals surface area contributed by atoms with E-state index in [0.29, 0.717) is 11.5 Å². The van der Waals surface area contributed by atoms with E-state index < -0.39 is 60.8 Å². The third-order valence-electron chi connectivity index (χ3n) is 9.58. The number of carboxylic acid groups (broad SMARTS) is 1. The van der Waals surface area contributed by atoms with Crippen molar-refractivity contribution in [1.29, 1.82) is 0 Å². The predicted molar refractivity (Wildman–Crippen MR) is 126 cm³/mol. The molecule has 0 amide bonds. The Labute approximate surface area is 227 Å². The zero-order valence-electron chi connectivity index (χ0n) is 22.0. The van der Waals surface area contributed by atoms with Gasteiger partial charge in [-0.2, -0.15) is 18.1 Å². The van der Waals surface area contributed by atoms with Crippen LogP contribution in [0.5, 0.6) is 5.75 Å². The molecule has 8 unspecified atom stereocenters. The van der Waals surface area contributed by atoms with E-state index in [0.717, 1.165) is 32.1 Å². The Morgan fingerprint density at radius 2 is 1.73 bits per heavy atom. The van der Waals surface area contributed by atoms with Gasteiger partial charge in [0.05, 0.1) is 0 Å². The number of ether oxygens (including phenoxy) is 3. The van der Waals surface area contributed by atoms with Gasteiger partial charge in [-0.3, -0.25) is 0 Å². The van der Waals surface area contributed by atoms with E-state index in [9.17, 15) is 38.4 Å². The number of aryl methyl sites for hydroxylation is 1. The Kier molecular flexibility index (Phi) is 6.51. The van der Waals surface area contributed by atoms with Crippen molar-refractivity contribution in [3.8, 4) is 5.75 Å². The summed E-state index contributed by atoms with van der Waals surface area (Å²) in [6.07, 6.45) is -9.61. The van der Waals surface area contributed by atoms with E-state index in [1.54, 1.807) is 19.1 Å². The zero-order valence-corrected chi connectivity index (χ0v) is 22.0. The smallest absolute Gasteiger partial charge is 0.411 e. The number of benzene rings is 1. The van der Waals surface area contributed by atoms with Gasteiger partial charge in [-0.15, -0.1) is 0 Å². The molecule has 2 aliphatic heterocycles. The monoisotopic (exact) mass is 574 g/mol. The van der Waals surface area contributed by atoms with Crippen LogP contribution >= 0.6 is 0 Å². The van der Waals surface area contributed by atoms with E-state index >= 15 is 0 Å². The minimum absolute atomic E-state index is 0.0330. The summed E-state index contributed by atoms with van der Waals surface area (Å²) in [6, 6.07) is 4.56. The number of hydrogen-bond donors (Lipinski definition) is 4. The molecule has 13 heteroatoms. The van der Waals surface area contributed by atoms with Crippen LogP contribution in [0, 0.1) is 30.1 Å². The van der Waals surface area contributed by atoms with Crippen LogP contribution in [0.1, 0.15) is 50.2 Å². The van der Waals surface area contributed by atoms with E-state index in [2.05, 4.69) is 6.92 Å². The van der Waals surface area contributed by atoms with E-state index in [1.807, 2.05) is 0 Å². The summed E-state index contributed by atoms with van der Waals surface area (Å²) < 4.78 is 57.2. The number of halogens is 3. The third kappa shape index (κ3) is 4.16. The first-order valence-electron chi connectivity index (χ1n) is 13.5. The maximum Gasteiger partial charge on any atom is 0.411 e. The lowest BCUT2D eigenvalue weighted by Crippen LogP contribution is -2.77. The van der Waals surface area contributed by atoms with Crippen LogP contribution in [0.2, 0.25) is 0 Å². The molecule has 8 atom stereocenters. The van der Waals surface area contributed by atoms with Crippen molar-refractivity contribution in [2.24, 2.45) is 23.2 Å². The second-order valence-corrected chi connectivity index (χ2v) is 12.5. The summed E-state index contributed by atoms with van der Waals surface area (Å²) in [5.74, 6) is -3.15. The molecule has 0 radical (unpaired) electrons. The fourth-order valence-corrected chi connectivity index (χ4v) is 8.13. The summed E-state index contributed by atoms with van der Waals surface area (Å²) in [7, 11) is 0. The van der Waals surface area contributed by atoms with Crippen LogP contribution < -0.4 is 4.74 Å². The first-order chi connectivity index (χ1) is 18.7. The largest absolute Gasteiger partial charge is 0.479 e. The van der Waals surface area contributed by atoms with Gasteiger partial charge in [0, 0.05) is 5.56 Å². The predicted octanol–water partition coefficient (Wildman–Crippen LogP) is 2.54. The maximum absolute atomic E-state index is 13.5. The zero-order chi connectivity index (χ0) is 28.8. The number of rotatable bonds is 6. The van der Waals surface area contributed by atoms with Crippen LogP contribution in [0.3, 0.4) is 0 Å². The van der Waals surface area contributed by atoms with Gasteiger partial charge in [-0.1, -0.05) is 19.1 Å². The molecular formula is C27H33F3O10. The topological polar surface area (TPSA) is 144 Å². The molecule has 1 spiro atoms. The van der Waals surface area contributed by atoms with Crippen molar-refractivity contribution in [2.45, 2.75) is 94.2 Å². The van der Waals surface area contributed by atoms with Crippen LogP contribution in [0.25, 0.3) is 0 Å². The average Bonchev–Trinajstić information content (AvgIpc) is 2.83. The highest BCUT2D eigenvalue weighted by Crippen LogP contribution is 2.72. The standard InChI is InChI=1S/C27H33F3O10/c1-12-3-4-14(7-17(12)37-23-20(33)18(31)19(32)21(38-23)22(34)35)27(36-11-25(28,29)30)26(39-40-27)15-5-13-6-16(26)10-24(2,8-13)9-15/h3-4,7,13,15-16,18-21,23,31-33H,5-6,8-11H2,1-2H3,(H,34,35). The van der Waals surface area contributed by atoms with E-state index in [4.69, 9.17) is 24.0 Å². The molecule has 1 aromatic rings. The van der Waals surface area contributed by atoms with Crippen molar-refractivity contribution < 1.29 is 62.4 Å². The summed E-state index contributed by atoms with van der Waals surface area (Å²) >= 11 is 0. The van der Waals surface area contributed by atoms with Gasteiger partial charge >= 0.3 is 12.1 Å². The highest BCUT2D eigenvalue weighted by atomic mass is 19.4. The van der Waals surface area contributed by atoms with Crippen molar-refractivity contribution in [1.82, 2.24) is 0 Å². The van der Waals surface area contributed by atoms with Crippen molar-refractivity contribution in [2.75, 3.05) is 6.61 Å². The van der Waals surface area contributed by atoms with Crippen LogP contribution in [0.15, 0.2) is 18.2 Å². The van der Waals surface area contributed by atoms with Gasteiger partial charge in [-0.05, 0) is 73.8 Å². The fourth-order valence-electron chi connectivity index (χ4n) is 8.13. The van der Waals surface area contributed by atoms with Crippen LogP contribution in [-0.4, -0.2) is 75.5 Å². The number of carbonyl (C=O) groups is 1. The molecule has 6 fully saturated rings. The van der Waals surface area contributed by atoms with Crippen molar-refractivity contribution in [3.63, 3.8) is 0 Å². The first-order valence-corrected chi connectivity index (χ1v) is 13.5. The molecule has 1 aromatic carbocycles. The summed E-state index contributed by atoms with van der Waals surface area (Å²) in [5, 5.41) is 39.9. The van der Waals surface area contributed by atoms with Crippen LogP contribution in [0.4, 0.5) is 13.2 Å². The Hall–Kier alpha value is -2.00. The van der Waals surface area contributed by atoms with Crippen LogP contribution in [-0.2, 0) is 29.8 Å². The van der Waals surface area contributed by atoms with E-state index in [1.165, 1.54) is 6.07 Å². The number of aliphatic carboxylic acids is 1. The molecule has 222 valence electrons.